The van der Waals surface area contributed by atoms with Crippen LogP contribution in [-0.4, -0.2) is 16.7 Å². The van der Waals surface area contributed by atoms with Gasteiger partial charge < -0.3 is 11.1 Å². The Morgan fingerprint density at radius 3 is 2.76 bits per heavy atom. The number of benzene rings is 1. The van der Waals surface area contributed by atoms with Gasteiger partial charge in [-0.1, -0.05) is 29.8 Å². The molecule has 0 saturated carbocycles. The van der Waals surface area contributed by atoms with Crippen LogP contribution in [0.2, 0.25) is 0 Å². The zero-order valence-electron chi connectivity index (χ0n) is 9.85. The summed E-state index contributed by atoms with van der Waals surface area (Å²) in [7, 11) is 0. The number of nitrogen functional groups attached to an aromatic ring is 1. The first-order valence-electron chi connectivity index (χ1n) is 5.63. The third-order valence-electron chi connectivity index (χ3n) is 2.49. The van der Waals surface area contributed by atoms with Crippen molar-refractivity contribution < 1.29 is 0 Å². The number of nitrogens with one attached hydrogen (secondary N) is 1. The van der Waals surface area contributed by atoms with Crippen molar-refractivity contribution in [1.82, 2.24) is 10.2 Å². The summed E-state index contributed by atoms with van der Waals surface area (Å²) in [5.74, 6) is 1.20. The van der Waals surface area contributed by atoms with Crippen LogP contribution in [0.1, 0.15) is 11.1 Å². The van der Waals surface area contributed by atoms with E-state index in [0.29, 0.717) is 5.82 Å². The molecular weight excluding hydrogens is 212 g/mol. The van der Waals surface area contributed by atoms with Crippen LogP contribution in [0.5, 0.6) is 0 Å². The molecule has 1 heterocycles. The number of aromatic nitrogens is 2. The van der Waals surface area contributed by atoms with Crippen LogP contribution in [0.3, 0.4) is 0 Å². The standard InChI is InChI=1S/C13H16N4/c1-10-3-2-4-11(9-10)7-8-15-13-6-5-12(14)16-17-13/h2-6,9H,7-8H2,1H3,(H2,14,16)(H,15,17). The van der Waals surface area contributed by atoms with Gasteiger partial charge in [-0.25, -0.2) is 0 Å². The van der Waals surface area contributed by atoms with Gasteiger partial charge in [-0.15, -0.1) is 10.2 Å². The van der Waals surface area contributed by atoms with Gasteiger partial charge in [0.25, 0.3) is 0 Å². The Hall–Kier alpha value is -2.10. The fourth-order valence-corrected chi connectivity index (χ4v) is 1.64. The summed E-state index contributed by atoms with van der Waals surface area (Å²) in [6, 6.07) is 12.1. The number of hydrogen-bond donors (Lipinski definition) is 2. The highest BCUT2D eigenvalue weighted by atomic mass is 15.2. The van der Waals surface area contributed by atoms with Crippen molar-refractivity contribution in [2.24, 2.45) is 0 Å². The molecule has 0 fully saturated rings. The zero-order valence-corrected chi connectivity index (χ0v) is 9.85. The third-order valence-corrected chi connectivity index (χ3v) is 2.49. The number of hydrogen-bond acceptors (Lipinski definition) is 4. The van der Waals surface area contributed by atoms with Crippen LogP contribution >= 0.6 is 0 Å². The fraction of sp³-hybridized carbons (Fsp3) is 0.231. The molecule has 3 N–H and O–H groups in total. The van der Waals surface area contributed by atoms with Crippen molar-refractivity contribution >= 4 is 11.6 Å². The fourth-order valence-electron chi connectivity index (χ4n) is 1.64. The van der Waals surface area contributed by atoms with Gasteiger partial charge in [0.05, 0.1) is 0 Å². The Kier molecular flexibility index (Phi) is 3.55. The first kappa shape index (κ1) is 11.4. The molecular formula is C13H16N4. The lowest BCUT2D eigenvalue weighted by Crippen LogP contribution is -2.07. The van der Waals surface area contributed by atoms with E-state index in [1.54, 1.807) is 6.07 Å². The van der Waals surface area contributed by atoms with E-state index < -0.39 is 0 Å². The Labute approximate surface area is 101 Å². The lowest BCUT2D eigenvalue weighted by Gasteiger charge is -2.05. The SMILES string of the molecule is Cc1cccc(CCNc2ccc(N)nn2)c1. The molecule has 0 bridgehead atoms. The zero-order chi connectivity index (χ0) is 12.1. The minimum absolute atomic E-state index is 0.439. The van der Waals surface area contributed by atoms with Crippen LogP contribution in [0.25, 0.3) is 0 Å². The molecule has 0 radical (unpaired) electrons. The van der Waals surface area contributed by atoms with E-state index in [1.165, 1.54) is 11.1 Å². The van der Waals surface area contributed by atoms with Crippen LogP contribution < -0.4 is 11.1 Å². The number of aryl methyl sites for hydroxylation is 1. The Morgan fingerprint density at radius 2 is 2.06 bits per heavy atom. The minimum Gasteiger partial charge on any atom is -0.382 e. The molecule has 88 valence electrons. The van der Waals surface area contributed by atoms with Gasteiger partial charge in [-0.05, 0) is 31.0 Å². The summed E-state index contributed by atoms with van der Waals surface area (Å²) < 4.78 is 0. The van der Waals surface area contributed by atoms with Gasteiger partial charge in [0.1, 0.15) is 11.6 Å². The topological polar surface area (TPSA) is 63.8 Å². The van der Waals surface area contributed by atoms with E-state index >= 15 is 0 Å². The van der Waals surface area contributed by atoms with Crippen molar-refractivity contribution in [3.8, 4) is 0 Å². The smallest absolute Gasteiger partial charge is 0.148 e. The minimum atomic E-state index is 0.439. The summed E-state index contributed by atoms with van der Waals surface area (Å²) >= 11 is 0. The molecule has 2 rings (SSSR count). The maximum atomic E-state index is 5.46. The third kappa shape index (κ3) is 3.45. The van der Waals surface area contributed by atoms with Crippen LogP contribution in [0, 0.1) is 6.92 Å². The highest BCUT2D eigenvalue weighted by Crippen LogP contribution is 2.06. The quantitative estimate of drug-likeness (QED) is 0.840. The van der Waals surface area contributed by atoms with Crippen molar-refractivity contribution in [2.75, 3.05) is 17.6 Å². The second kappa shape index (κ2) is 5.30. The average molecular weight is 228 g/mol. The van der Waals surface area contributed by atoms with E-state index in [4.69, 9.17) is 5.73 Å². The predicted molar refractivity (Wildman–Crippen MR) is 69.8 cm³/mol. The van der Waals surface area contributed by atoms with E-state index in [9.17, 15) is 0 Å². The first-order chi connectivity index (χ1) is 8.24. The molecule has 0 amide bonds. The predicted octanol–water partition coefficient (Wildman–Crippen LogP) is 2.02. The molecule has 0 unspecified atom stereocenters. The molecule has 0 aliphatic heterocycles. The number of anilines is 2. The summed E-state index contributed by atoms with van der Waals surface area (Å²) in [6.07, 6.45) is 0.966. The lowest BCUT2D eigenvalue weighted by atomic mass is 10.1. The highest BCUT2D eigenvalue weighted by Gasteiger charge is 1.96. The maximum Gasteiger partial charge on any atom is 0.148 e. The molecule has 0 saturated heterocycles. The Morgan fingerprint density at radius 1 is 1.18 bits per heavy atom. The van der Waals surface area contributed by atoms with Crippen molar-refractivity contribution in [3.05, 3.63) is 47.5 Å². The number of nitrogens with zero attached hydrogens (tertiary/aromatic N) is 2. The van der Waals surface area contributed by atoms with Gasteiger partial charge in [0.2, 0.25) is 0 Å². The normalized spacial score (nSPS) is 10.2. The lowest BCUT2D eigenvalue weighted by molar-refractivity contribution is 0.970. The molecule has 4 heteroatoms. The van der Waals surface area contributed by atoms with Gasteiger partial charge in [-0.3, -0.25) is 0 Å². The van der Waals surface area contributed by atoms with E-state index in [-0.39, 0.29) is 0 Å². The Balaban J connectivity index is 1.85. The molecule has 1 aromatic heterocycles. The molecule has 0 spiro atoms. The van der Waals surface area contributed by atoms with Crippen molar-refractivity contribution in [2.45, 2.75) is 13.3 Å². The van der Waals surface area contributed by atoms with Gasteiger partial charge in [0, 0.05) is 6.54 Å². The van der Waals surface area contributed by atoms with Gasteiger partial charge in [0.15, 0.2) is 0 Å². The first-order valence-corrected chi connectivity index (χ1v) is 5.63. The van der Waals surface area contributed by atoms with Crippen molar-refractivity contribution in [1.29, 1.82) is 0 Å². The maximum absolute atomic E-state index is 5.46. The van der Waals surface area contributed by atoms with Gasteiger partial charge in [-0.2, -0.15) is 0 Å². The summed E-state index contributed by atoms with van der Waals surface area (Å²) in [5, 5.41) is 10.9. The number of rotatable bonds is 4. The highest BCUT2D eigenvalue weighted by molar-refractivity contribution is 5.38. The molecule has 0 atom stereocenters. The van der Waals surface area contributed by atoms with Crippen molar-refractivity contribution in [3.63, 3.8) is 0 Å². The second-order valence-corrected chi connectivity index (χ2v) is 4.01. The summed E-state index contributed by atoms with van der Waals surface area (Å²) in [6.45, 7) is 2.93. The van der Waals surface area contributed by atoms with E-state index in [2.05, 4.69) is 46.7 Å². The summed E-state index contributed by atoms with van der Waals surface area (Å²) in [4.78, 5) is 0. The number of nitrogens with two attached hydrogens (primary N) is 1. The molecule has 0 aliphatic carbocycles. The van der Waals surface area contributed by atoms with Crippen LogP contribution in [0.15, 0.2) is 36.4 Å². The summed E-state index contributed by atoms with van der Waals surface area (Å²) in [5.41, 5.74) is 8.07. The molecule has 4 nitrogen and oxygen atoms in total. The van der Waals surface area contributed by atoms with E-state index in [0.717, 1.165) is 18.8 Å². The molecule has 17 heavy (non-hydrogen) atoms. The van der Waals surface area contributed by atoms with Crippen LogP contribution in [-0.2, 0) is 6.42 Å². The molecule has 1 aromatic carbocycles. The monoisotopic (exact) mass is 228 g/mol. The van der Waals surface area contributed by atoms with E-state index in [1.807, 2.05) is 6.07 Å². The van der Waals surface area contributed by atoms with Crippen LogP contribution in [0.4, 0.5) is 11.6 Å². The largest absolute Gasteiger partial charge is 0.382 e. The van der Waals surface area contributed by atoms with Gasteiger partial charge >= 0.3 is 0 Å². The molecule has 2 aromatic rings. The Bertz CT molecular complexity index is 479. The molecule has 0 aliphatic rings. The second-order valence-electron chi connectivity index (χ2n) is 4.01. The average Bonchev–Trinajstić information content (AvgIpc) is 2.32.